The predicted molar refractivity (Wildman–Crippen MR) is 124 cm³/mol. The molecule has 4 rings (SSSR count). The zero-order valence-electron chi connectivity index (χ0n) is 20.0. The molecule has 0 aromatic heterocycles. The summed E-state index contributed by atoms with van der Waals surface area (Å²) >= 11 is 0. The summed E-state index contributed by atoms with van der Waals surface area (Å²) < 4.78 is 0. The van der Waals surface area contributed by atoms with Gasteiger partial charge in [0.15, 0.2) is 0 Å². The molecule has 0 saturated heterocycles. The Morgan fingerprint density at radius 3 is 2.60 bits per heavy atom. The van der Waals surface area contributed by atoms with Gasteiger partial charge in [-0.3, -0.25) is 0 Å². The van der Waals surface area contributed by atoms with E-state index in [9.17, 15) is 10.2 Å². The summed E-state index contributed by atoms with van der Waals surface area (Å²) in [5.74, 6) is 6.36. The fraction of sp³-hybridized carbons (Fsp3) is 0.857. The molecule has 0 heterocycles. The lowest BCUT2D eigenvalue weighted by Crippen LogP contribution is -2.52. The van der Waals surface area contributed by atoms with Gasteiger partial charge in [0.05, 0.1) is 5.60 Å². The highest BCUT2D eigenvalue weighted by molar-refractivity contribution is 5.26. The third-order valence-corrected chi connectivity index (χ3v) is 10.5. The van der Waals surface area contributed by atoms with Gasteiger partial charge in [0.25, 0.3) is 0 Å². The molecular weight excluding hydrogens is 368 g/mol. The summed E-state index contributed by atoms with van der Waals surface area (Å²) in [6.07, 6.45) is 19.4. The first-order chi connectivity index (χ1) is 13.9. The number of terminal acetylenes is 1. The van der Waals surface area contributed by atoms with Crippen LogP contribution in [-0.2, 0) is 0 Å². The summed E-state index contributed by atoms with van der Waals surface area (Å²) in [6, 6.07) is 0. The van der Waals surface area contributed by atoms with Gasteiger partial charge < -0.3 is 10.2 Å². The number of aliphatic hydroxyl groups is 2. The van der Waals surface area contributed by atoms with E-state index in [1.54, 1.807) is 12.5 Å². The second-order valence-electron chi connectivity index (χ2n) is 12.6. The zero-order valence-corrected chi connectivity index (χ0v) is 20.0. The molecule has 3 fully saturated rings. The summed E-state index contributed by atoms with van der Waals surface area (Å²) in [6.45, 7) is 11.3. The van der Waals surface area contributed by atoms with Crippen molar-refractivity contribution in [1.29, 1.82) is 0 Å². The van der Waals surface area contributed by atoms with Crippen LogP contribution in [0.1, 0.15) is 98.8 Å². The van der Waals surface area contributed by atoms with Crippen LogP contribution in [0.25, 0.3) is 0 Å². The van der Waals surface area contributed by atoms with E-state index in [1.807, 2.05) is 6.92 Å². The van der Waals surface area contributed by atoms with Crippen molar-refractivity contribution in [2.45, 2.75) is 110 Å². The third-order valence-electron chi connectivity index (χ3n) is 10.5. The molecule has 168 valence electrons. The smallest absolute Gasteiger partial charge is 0.122 e. The van der Waals surface area contributed by atoms with E-state index in [-0.39, 0.29) is 0 Å². The fourth-order valence-corrected chi connectivity index (χ4v) is 8.56. The summed E-state index contributed by atoms with van der Waals surface area (Å²) in [4.78, 5) is 0. The van der Waals surface area contributed by atoms with Crippen molar-refractivity contribution in [1.82, 2.24) is 0 Å². The van der Waals surface area contributed by atoms with Crippen molar-refractivity contribution < 1.29 is 10.2 Å². The van der Waals surface area contributed by atoms with E-state index in [2.05, 4.69) is 32.8 Å². The molecule has 4 aliphatic rings. The van der Waals surface area contributed by atoms with Gasteiger partial charge in [-0.2, -0.15) is 0 Å². The molecule has 30 heavy (non-hydrogen) atoms. The van der Waals surface area contributed by atoms with Gasteiger partial charge >= 0.3 is 0 Å². The van der Waals surface area contributed by atoms with E-state index in [4.69, 9.17) is 6.42 Å². The van der Waals surface area contributed by atoms with Crippen molar-refractivity contribution in [3.8, 4) is 12.3 Å². The van der Waals surface area contributed by atoms with Gasteiger partial charge in [0.2, 0.25) is 0 Å². The molecule has 0 bridgehead atoms. The van der Waals surface area contributed by atoms with Gasteiger partial charge in [0, 0.05) is 0 Å². The van der Waals surface area contributed by atoms with E-state index in [0.717, 1.165) is 49.4 Å². The van der Waals surface area contributed by atoms with E-state index in [0.29, 0.717) is 23.2 Å². The molecule has 0 aromatic rings. The van der Waals surface area contributed by atoms with Gasteiger partial charge in [-0.25, -0.2) is 0 Å². The Morgan fingerprint density at radius 1 is 1.17 bits per heavy atom. The Kier molecular flexibility index (Phi) is 5.52. The summed E-state index contributed by atoms with van der Waals surface area (Å²) in [5.41, 5.74) is 0.829. The minimum atomic E-state index is -0.966. The monoisotopic (exact) mass is 412 g/mol. The molecule has 2 N–H and O–H groups in total. The van der Waals surface area contributed by atoms with Crippen LogP contribution in [0.4, 0.5) is 0 Å². The predicted octanol–water partition coefficient (Wildman–Crippen LogP) is 6.12. The average molecular weight is 413 g/mol. The van der Waals surface area contributed by atoms with E-state index >= 15 is 0 Å². The van der Waals surface area contributed by atoms with Crippen LogP contribution in [0.2, 0.25) is 0 Å². The van der Waals surface area contributed by atoms with Crippen LogP contribution in [0, 0.1) is 52.8 Å². The number of allylic oxidation sites excluding steroid dienone is 1. The normalized spacial score (nSPS) is 48.4. The molecule has 4 aliphatic carbocycles. The number of rotatable bonds is 4. The minimum absolute atomic E-state index is 0.307. The highest BCUT2D eigenvalue weighted by Gasteiger charge is 2.59. The van der Waals surface area contributed by atoms with Gasteiger partial charge in [-0.15, -0.1) is 6.42 Å². The Labute approximate surface area is 184 Å². The van der Waals surface area contributed by atoms with Crippen molar-refractivity contribution in [2.24, 2.45) is 40.4 Å². The minimum Gasteiger partial charge on any atom is -0.390 e. The van der Waals surface area contributed by atoms with E-state index < -0.39 is 11.2 Å². The fourth-order valence-electron chi connectivity index (χ4n) is 8.56. The second kappa shape index (κ2) is 7.38. The lowest BCUT2D eigenvalue weighted by Gasteiger charge is -2.59. The number of fused-ring (bicyclic) bond motifs is 5. The van der Waals surface area contributed by atoms with Crippen LogP contribution in [-0.4, -0.2) is 21.4 Å². The molecule has 0 aromatic carbocycles. The van der Waals surface area contributed by atoms with Crippen LogP contribution >= 0.6 is 0 Å². The first kappa shape index (κ1) is 22.4. The zero-order chi connectivity index (χ0) is 21.9. The van der Waals surface area contributed by atoms with Crippen LogP contribution in [0.3, 0.4) is 0 Å². The maximum atomic E-state index is 10.7. The molecule has 0 spiro atoms. The first-order valence-corrected chi connectivity index (χ1v) is 12.5. The maximum absolute atomic E-state index is 10.7. The van der Waals surface area contributed by atoms with Crippen LogP contribution in [0.5, 0.6) is 0 Å². The van der Waals surface area contributed by atoms with Crippen LogP contribution < -0.4 is 0 Å². The molecular formula is C28H44O2. The quantitative estimate of drug-likeness (QED) is 0.431. The highest BCUT2D eigenvalue weighted by Crippen LogP contribution is 2.67. The highest BCUT2D eigenvalue weighted by atomic mass is 16.3. The summed E-state index contributed by atoms with van der Waals surface area (Å²) in [5, 5.41) is 20.9. The SMILES string of the molecule is C#C[C@@](C)(O)CC[C@@H](C)[C@H]1CC[C@H]2[C@@H]3CC=C4C[C@@](C)(O)CC[C@]4(C)[C@H]3CC[C@]12C. The van der Waals surface area contributed by atoms with Crippen molar-refractivity contribution in [3.63, 3.8) is 0 Å². The molecule has 9 atom stereocenters. The largest absolute Gasteiger partial charge is 0.390 e. The molecule has 0 radical (unpaired) electrons. The first-order valence-electron chi connectivity index (χ1n) is 12.5. The Hall–Kier alpha value is -0.780. The Balaban J connectivity index is 1.51. The lowest BCUT2D eigenvalue weighted by atomic mass is 9.46. The van der Waals surface area contributed by atoms with Crippen LogP contribution in [0.15, 0.2) is 11.6 Å². The number of hydrogen-bond donors (Lipinski definition) is 2. The topological polar surface area (TPSA) is 40.5 Å². The molecule has 0 aliphatic heterocycles. The van der Waals surface area contributed by atoms with Gasteiger partial charge in [0.1, 0.15) is 5.60 Å². The van der Waals surface area contributed by atoms with Gasteiger partial charge in [-0.1, -0.05) is 38.3 Å². The van der Waals surface area contributed by atoms with Crippen molar-refractivity contribution >= 4 is 0 Å². The second-order valence-corrected chi connectivity index (χ2v) is 12.6. The number of hydrogen-bond acceptors (Lipinski definition) is 2. The third kappa shape index (κ3) is 3.59. The molecule has 2 nitrogen and oxygen atoms in total. The maximum Gasteiger partial charge on any atom is 0.122 e. The van der Waals surface area contributed by atoms with E-state index in [1.165, 1.54) is 32.1 Å². The molecule has 3 saturated carbocycles. The standard InChI is InChI=1S/C28H44O2/c1-7-25(3,29)14-12-19(2)22-10-11-23-21-9-8-20-18-26(4,30)16-17-27(20,5)24(21)13-15-28(22,23)6/h1,8,19,21-24,29-30H,9-18H2,2-6H3/t19-,21+,22-,23+,24+,25-,26+,27+,28-/m1/s1. The van der Waals surface area contributed by atoms with Crippen molar-refractivity contribution in [2.75, 3.05) is 0 Å². The lowest BCUT2D eigenvalue weighted by molar-refractivity contribution is -0.0710. The molecule has 2 heteroatoms. The summed E-state index contributed by atoms with van der Waals surface area (Å²) in [7, 11) is 0. The molecule has 0 amide bonds. The Morgan fingerprint density at radius 2 is 1.90 bits per heavy atom. The molecule has 0 unspecified atom stereocenters. The van der Waals surface area contributed by atoms with Gasteiger partial charge in [-0.05, 0) is 118 Å². The van der Waals surface area contributed by atoms with Crippen molar-refractivity contribution in [3.05, 3.63) is 11.6 Å². The average Bonchev–Trinajstić information content (AvgIpc) is 3.04. The Bertz CT molecular complexity index is 740.